The highest BCUT2D eigenvalue weighted by atomic mass is 32.1. The van der Waals surface area contributed by atoms with Gasteiger partial charge in [-0.2, -0.15) is 5.26 Å². The summed E-state index contributed by atoms with van der Waals surface area (Å²) in [5, 5.41) is 12.9. The second kappa shape index (κ2) is 6.70. The molecule has 0 radical (unpaired) electrons. The van der Waals surface area contributed by atoms with Crippen LogP contribution >= 0.6 is 12.2 Å². The third-order valence-electron chi connectivity index (χ3n) is 3.03. The first-order valence-corrected chi connectivity index (χ1v) is 6.50. The average molecular weight is 239 g/mol. The topological polar surface area (TPSA) is 39.1 Å². The van der Waals surface area contributed by atoms with Crippen molar-refractivity contribution in [1.82, 2.24) is 10.2 Å². The van der Waals surface area contributed by atoms with Crippen molar-refractivity contribution in [1.29, 1.82) is 5.26 Å². The molecule has 1 fully saturated rings. The Labute approximate surface area is 104 Å². The van der Waals surface area contributed by atoms with Crippen LogP contribution in [-0.2, 0) is 0 Å². The van der Waals surface area contributed by atoms with Crippen LogP contribution in [0.15, 0.2) is 0 Å². The standard InChI is InChI=1S/C12H21N3S/c1-10(2)15(9-5-8-13)12(16)14-11-6-3-4-7-11/h10-11H,3-7,9H2,1-2H3,(H,14,16). The Balaban J connectivity index is 2.43. The monoisotopic (exact) mass is 239 g/mol. The third-order valence-corrected chi connectivity index (χ3v) is 3.38. The number of rotatable bonds is 4. The molecule has 0 atom stereocenters. The second-order valence-corrected chi connectivity index (χ2v) is 5.01. The van der Waals surface area contributed by atoms with Gasteiger partial charge in [0, 0.05) is 18.6 Å². The van der Waals surface area contributed by atoms with E-state index in [0.717, 1.165) is 11.7 Å². The molecule has 0 heterocycles. The van der Waals surface area contributed by atoms with E-state index in [1.807, 2.05) is 0 Å². The minimum atomic E-state index is 0.356. The molecule has 1 saturated carbocycles. The molecule has 0 saturated heterocycles. The maximum absolute atomic E-state index is 8.62. The van der Waals surface area contributed by atoms with Crippen molar-refractivity contribution < 1.29 is 0 Å². The average Bonchev–Trinajstić information content (AvgIpc) is 2.70. The molecule has 3 nitrogen and oxygen atoms in total. The molecule has 16 heavy (non-hydrogen) atoms. The van der Waals surface area contributed by atoms with Gasteiger partial charge >= 0.3 is 0 Å². The highest BCUT2D eigenvalue weighted by Gasteiger charge is 2.19. The molecule has 0 aromatic rings. The number of nitrogens with zero attached hydrogens (tertiary/aromatic N) is 2. The predicted octanol–water partition coefficient (Wildman–Crippen LogP) is 2.43. The van der Waals surface area contributed by atoms with Crippen LogP contribution in [0.4, 0.5) is 0 Å². The number of nitrogens with one attached hydrogen (secondary N) is 1. The molecule has 90 valence electrons. The molecule has 1 aliphatic carbocycles. The fourth-order valence-electron chi connectivity index (χ4n) is 2.09. The van der Waals surface area contributed by atoms with E-state index in [1.54, 1.807) is 0 Å². The van der Waals surface area contributed by atoms with Crippen LogP contribution in [-0.4, -0.2) is 28.6 Å². The lowest BCUT2D eigenvalue weighted by Crippen LogP contribution is -2.47. The first-order valence-electron chi connectivity index (χ1n) is 6.09. The number of thiocarbonyl (C=S) groups is 1. The summed E-state index contributed by atoms with van der Waals surface area (Å²) in [4.78, 5) is 2.11. The molecular weight excluding hydrogens is 218 g/mol. The van der Waals surface area contributed by atoms with E-state index in [1.165, 1.54) is 25.7 Å². The summed E-state index contributed by atoms with van der Waals surface area (Å²) >= 11 is 5.41. The smallest absolute Gasteiger partial charge is 0.169 e. The quantitative estimate of drug-likeness (QED) is 0.765. The minimum absolute atomic E-state index is 0.356. The van der Waals surface area contributed by atoms with E-state index >= 15 is 0 Å². The zero-order chi connectivity index (χ0) is 12.0. The largest absolute Gasteiger partial charge is 0.360 e. The Hall–Kier alpha value is -0.820. The normalized spacial score (nSPS) is 16.1. The fourth-order valence-corrected chi connectivity index (χ4v) is 2.56. The Morgan fingerprint density at radius 1 is 1.50 bits per heavy atom. The van der Waals surface area contributed by atoms with Gasteiger partial charge < -0.3 is 10.2 Å². The summed E-state index contributed by atoms with van der Waals surface area (Å²) in [6.45, 7) is 4.95. The van der Waals surface area contributed by atoms with Gasteiger partial charge in [0.15, 0.2) is 5.11 Å². The Morgan fingerprint density at radius 3 is 2.62 bits per heavy atom. The van der Waals surface area contributed by atoms with Crippen molar-refractivity contribution in [2.45, 2.75) is 58.0 Å². The van der Waals surface area contributed by atoms with Gasteiger partial charge in [0.2, 0.25) is 0 Å². The maximum atomic E-state index is 8.62. The van der Waals surface area contributed by atoms with Crippen LogP contribution in [0.1, 0.15) is 46.0 Å². The van der Waals surface area contributed by atoms with Crippen molar-refractivity contribution in [3.8, 4) is 6.07 Å². The van der Waals surface area contributed by atoms with E-state index in [2.05, 4.69) is 30.1 Å². The lowest BCUT2D eigenvalue weighted by molar-refractivity contribution is 0.346. The second-order valence-electron chi connectivity index (χ2n) is 4.63. The number of nitriles is 1. The zero-order valence-electron chi connectivity index (χ0n) is 10.2. The molecule has 0 amide bonds. The molecule has 0 aromatic heterocycles. The van der Waals surface area contributed by atoms with Crippen molar-refractivity contribution in [2.24, 2.45) is 0 Å². The predicted molar refractivity (Wildman–Crippen MR) is 70.1 cm³/mol. The number of hydrogen-bond acceptors (Lipinski definition) is 2. The lowest BCUT2D eigenvalue weighted by atomic mass is 10.2. The maximum Gasteiger partial charge on any atom is 0.169 e. The Kier molecular flexibility index (Phi) is 5.54. The van der Waals surface area contributed by atoms with E-state index in [9.17, 15) is 0 Å². The van der Waals surface area contributed by atoms with E-state index < -0.39 is 0 Å². The summed E-state index contributed by atoms with van der Waals surface area (Å²) in [6, 6.07) is 3.08. The van der Waals surface area contributed by atoms with Crippen LogP contribution in [0.25, 0.3) is 0 Å². The van der Waals surface area contributed by atoms with Gasteiger partial charge in [0.1, 0.15) is 0 Å². The molecular formula is C12H21N3S. The van der Waals surface area contributed by atoms with Crippen LogP contribution < -0.4 is 5.32 Å². The number of hydrogen-bond donors (Lipinski definition) is 1. The van der Waals surface area contributed by atoms with Crippen molar-refractivity contribution >= 4 is 17.3 Å². The third kappa shape index (κ3) is 3.97. The van der Waals surface area contributed by atoms with Gasteiger partial charge in [0.25, 0.3) is 0 Å². The summed E-state index contributed by atoms with van der Waals surface area (Å²) < 4.78 is 0. The van der Waals surface area contributed by atoms with Gasteiger partial charge in [0.05, 0.1) is 12.5 Å². The molecule has 1 N–H and O–H groups in total. The first kappa shape index (κ1) is 13.2. The van der Waals surface area contributed by atoms with Gasteiger partial charge in [-0.05, 0) is 38.9 Å². The van der Waals surface area contributed by atoms with Crippen molar-refractivity contribution in [3.05, 3.63) is 0 Å². The van der Waals surface area contributed by atoms with Crippen LogP contribution in [0.3, 0.4) is 0 Å². The molecule has 1 rings (SSSR count). The van der Waals surface area contributed by atoms with E-state index in [4.69, 9.17) is 17.5 Å². The van der Waals surface area contributed by atoms with E-state index in [0.29, 0.717) is 18.5 Å². The van der Waals surface area contributed by atoms with Crippen LogP contribution in [0.5, 0.6) is 0 Å². The Bertz CT molecular complexity index is 264. The summed E-state index contributed by atoms with van der Waals surface area (Å²) in [5.41, 5.74) is 0. The first-order chi connectivity index (χ1) is 7.65. The van der Waals surface area contributed by atoms with Gasteiger partial charge in [-0.3, -0.25) is 0 Å². The minimum Gasteiger partial charge on any atom is -0.360 e. The van der Waals surface area contributed by atoms with Crippen LogP contribution in [0, 0.1) is 11.3 Å². The summed E-state index contributed by atoms with van der Waals surface area (Å²) in [7, 11) is 0. The SMILES string of the molecule is CC(C)N(CCC#N)C(=S)NC1CCCC1. The molecule has 4 heteroatoms. The molecule has 0 aromatic carbocycles. The van der Waals surface area contributed by atoms with Crippen LogP contribution in [0.2, 0.25) is 0 Å². The van der Waals surface area contributed by atoms with Gasteiger partial charge in [-0.1, -0.05) is 12.8 Å². The van der Waals surface area contributed by atoms with E-state index in [-0.39, 0.29) is 0 Å². The Morgan fingerprint density at radius 2 is 2.12 bits per heavy atom. The summed E-state index contributed by atoms with van der Waals surface area (Å²) in [5.74, 6) is 0. The highest BCUT2D eigenvalue weighted by Crippen LogP contribution is 2.18. The van der Waals surface area contributed by atoms with Crippen molar-refractivity contribution in [2.75, 3.05) is 6.54 Å². The highest BCUT2D eigenvalue weighted by molar-refractivity contribution is 7.80. The molecule has 0 bridgehead atoms. The van der Waals surface area contributed by atoms with Gasteiger partial charge in [-0.15, -0.1) is 0 Å². The molecule has 0 spiro atoms. The molecule has 0 unspecified atom stereocenters. The molecule has 0 aliphatic heterocycles. The lowest BCUT2D eigenvalue weighted by Gasteiger charge is -2.30. The molecule has 1 aliphatic rings. The van der Waals surface area contributed by atoms with Gasteiger partial charge in [-0.25, -0.2) is 0 Å². The fraction of sp³-hybridized carbons (Fsp3) is 0.833. The summed E-state index contributed by atoms with van der Waals surface area (Å²) in [6.07, 6.45) is 5.60. The zero-order valence-corrected chi connectivity index (χ0v) is 11.0. The van der Waals surface area contributed by atoms with Crippen molar-refractivity contribution in [3.63, 3.8) is 0 Å².